The third kappa shape index (κ3) is 7.04. The maximum Gasteiger partial charge on any atom is 0.268 e. The Bertz CT molecular complexity index is 960. The van der Waals surface area contributed by atoms with Crippen molar-refractivity contribution in [2.75, 3.05) is 5.73 Å². The molecule has 0 spiro atoms. The highest BCUT2D eigenvalue weighted by Crippen LogP contribution is 2.05. The van der Waals surface area contributed by atoms with Crippen LogP contribution in [-0.2, 0) is 4.79 Å². The zero-order chi connectivity index (χ0) is 20.5. The summed E-state index contributed by atoms with van der Waals surface area (Å²) in [5, 5.41) is 20.6. The van der Waals surface area contributed by atoms with Crippen LogP contribution in [0.3, 0.4) is 0 Å². The number of benzene rings is 2. The van der Waals surface area contributed by atoms with Gasteiger partial charge in [0.05, 0.1) is 6.10 Å². The molecule has 0 aromatic heterocycles. The van der Waals surface area contributed by atoms with Crippen molar-refractivity contribution in [3.63, 3.8) is 0 Å². The third-order valence-corrected chi connectivity index (χ3v) is 3.70. The Hall–Kier alpha value is -3.78. The summed E-state index contributed by atoms with van der Waals surface area (Å²) in [6.45, 7) is 1.32. The maximum absolute atomic E-state index is 12.2. The monoisotopic (exact) mass is 393 g/mol. The number of anilines is 1. The first-order chi connectivity index (χ1) is 13.4. The molecule has 7 nitrogen and oxygen atoms in total. The van der Waals surface area contributed by atoms with Gasteiger partial charge in [0.15, 0.2) is 0 Å². The summed E-state index contributed by atoms with van der Waals surface area (Å²) in [6.07, 6.45) is -1.18. The summed E-state index contributed by atoms with van der Waals surface area (Å²) in [5.41, 5.74) is 9.40. The summed E-state index contributed by atoms with van der Waals surface area (Å²) < 4.78 is 0. The number of nitrogens with two attached hydrogens (primary N) is 1. The molecule has 150 valence electrons. The Labute approximate surface area is 169 Å². The first-order valence-corrected chi connectivity index (χ1v) is 8.31. The van der Waals surface area contributed by atoms with Crippen LogP contribution in [0.15, 0.2) is 48.5 Å². The molecule has 0 bridgehead atoms. The molecular formula is C22H23N3O4. The van der Waals surface area contributed by atoms with Crippen LogP contribution in [0.4, 0.5) is 5.69 Å². The largest absolute Gasteiger partial charge is 0.399 e. The minimum absolute atomic E-state index is 0. The number of amides is 2. The second-order valence-electron chi connectivity index (χ2n) is 5.87. The van der Waals surface area contributed by atoms with E-state index in [1.165, 1.54) is 24.5 Å². The lowest BCUT2D eigenvalue weighted by Crippen LogP contribution is -2.51. The molecule has 0 saturated heterocycles. The van der Waals surface area contributed by atoms with Gasteiger partial charge >= 0.3 is 0 Å². The number of carbonyl (C=O) groups is 2. The van der Waals surface area contributed by atoms with Crippen molar-refractivity contribution >= 4 is 17.5 Å². The molecule has 0 aliphatic carbocycles. The predicted molar refractivity (Wildman–Crippen MR) is 111 cm³/mol. The molecule has 6 N–H and O–H groups in total. The molecule has 2 amide bonds. The lowest BCUT2D eigenvalue weighted by molar-refractivity contribution is -0.133. The van der Waals surface area contributed by atoms with E-state index in [2.05, 4.69) is 29.0 Å². The second-order valence-corrected chi connectivity index (χ2v) is 5.87. The van der Waals surface area contributed by atoms with Crippen molar-refractivity contribution in [1.82, 2.24) is 10.8 Å². The number of hydrogen-bond donors (Lipinski definition) is 5. The number of aliphatic hydroxyl groups excluding tert-OH is 1. The Balaban J connectivity index is 0.00000420. The van der Waals surface area contributed by atoms with Crippen LogP contribution in [0.25, 0.3) is 0 Å². The van der Waals surface area contributed by atoms with E-state index in [1.54, 1.807) is 36.4 Å². The first-order valence-electron chi connectivity index (χ1n) is 8.31. The van der Waals surface area contributed by atoms with Crippen molar-refractivity contribution in [3.05, 3.63) is 65.2 Å². The molecule has 2 aromatic carbocycles. The third-order valence-electron chi connectivity index (χ3n) is 3.70. The fourth-order valence-corrected chi connectivity index (χ4v) is 2.18. The number of nitrogens with one attached hydrogen (secondary N) is 2. The van der Waals surface area contributed by atoms with Crippen molar-refractivity contribution in [1.29, 1.82) is 0 Å². The molecular weight excluding hydrogens is 370 g/mol. The molecule has 0 radical (unpaired) electrons. The average molecular weight is 393 g/mol. The SMILES string of the molecule is C.C[C@H](O)[C@H](NC(=O)c1ccc(C#CC#Cc2ccc(N)cc2)cc1)C(=O)NO. The zero-order valence-electron chi connectivity index (χ0n) is 15.1. The molecule has 0 saturated carbocycles. The molecule has 29 heavy (non-hydrogen) atoms. The van der Waals surface area contributed by atoms with Crippen molar-refractivity contribution in [3.8, 4) is 23.7 Å². The summed E-state index contributed by atoms with van der Waals surface area (Å²) in [5.74, 6) is 9.74. The Morgan fingerprint density at radius 3 is 1.90 bits per heavy atom. The highest BCUT2D eigenvalue weighted by Gasteiger charge is 2.25. The van der Waals surface area contributed by atoms with E-state index in [0.29, 0.717) is 11.3 Å². The van der Waals surface area contributed by atoms with Gasteiger partial charge in [-0.25, -0.2) is 5.48 Å². The molecule has 2 rings (SSSR count). The molecule has 0 aliphatic rings. The summed E-state index contributed by atoms with van der Waals surface area (Å²) in [4.78, 5) is 23.6. The minimum Gasteiger partial charge on any atom is -0.399 e. The van der Waals surface area contributed by atoms with E-state index in [9.17, 15) is 14.7 Å². The highest BCUT2D eigenvalue weighted by atomic mass is 16.5. The fourth-order valence-electron chi connectivity index (χ4n) is 2.18. The lowest BCUT2D eigenvalue weighted by atomic mass is 10.1. The molecule has 2 aromatic rings. The number of nitrogen functional groups attached to an aromatic ring is 1. The van der Waals surface area contributed by atoms with E-state index in [0.717, 1.165) is 5.56 Å². The molecule has 0 fully saturated rings. The fraction of sp³-hybridized carbons (Fsp3) is 0.182. The van der Waals surface area contributed by atoms with Gasteiger partial charge in [0.25, 0.3) is 11.8 Å². The predicted octanol–water partition coefficient (Wildman–Crippen LogP) is 1.29. The van der Waals surface area contributed by atoms with Crippen LogP contribution >= 0.6 is 0 Å². The quantitative estimate of drug-likeness (QED) is 0.232. The van der Waals surface area contributed by atoms with E-state index in [4.69, 9.17) is 10.9 Å². The molecule has 0 unspecified atom stereocenters. The maximum atomic E-state index is 12.2. The van der Waals surface area contributed by atoms with Gasteiger partial charge in [-0.2, -0.15) is 0 Å². The smallest absolute Gasteiger partial charge is 0.268 e. The lowest BCUT2D eigenvalue weighted by Gasteiger charge is -2.19. The van der Waals surface area contributed by atoms with Crippen LogP contribution in [0.2, 0.25) is 0 Å². The average Bonchev–Trinajstić information content (AvgIpc) is 2.70. The van der Waals surface area contributed by atoms with Crippen LogP contribution in [0, 0.1) is 23.7 Å². The van der Waals surface area contributed by atoms with Crippen molar-refractivity contribution in [2.24, 2.45) is 0 Å². The first kappa shape index (κ1) is 23.3. The van der Waals surface area contributed by atoms with Gasteiger partial charge in [-0.1, -0.05) is 19.3 Å². The molecule has 7 heteroatoms. The Morgan fingerprint density at radius 1 is 0.966 bits per heavy atom. The second kappa shape index (κ2) is 11.2. The van der Waals surface area contributed by atoms with Crippen molar-refractivity contribution < 1.29 is 19.9 Å². The van der Waals surface area contributed by atoms with Crippen molar-refractivity contribution in [2.45, 2.75) is 26.5 Å². The summed E-state index contributed by atoms with van der Waals surface area (Å²) in [7, 11) is 0. The standard InChI is InChI=1S/C21H19N3O4.CH4/c1-14(25)19(21(27)24-28)23-20(26)17-10-6-15(7-11-17)4-2-3-5-16-8-12-18(22)13-9-16;/h6-14,19,25,28H,22H2,1H3,(H,23,26)(H,24,27);1H4/t14-,19-;/m0./s1. The number of carbonyl (C=O) groups excluding carboxylic acids is 2. The van der Waals surface area contributed by atoms with Gasteiger partial charge < -0.3 is 16.2 Å². The van der Waals surface area contributed by atoms with Gasteiger partial charge in [0, 0.05) is 22.4 Å². The zero-order valence-corrected chi connectivity index (χ0v) is 15.1. The number of hydrogen-bond acceptors (Lipinski definition) is 5. The van der Waals surface area contributed by atoms with E-state index < -0.39 is 24.0 Å². The summed E-state index contributed by atoms with van der Waals surface area (Å²) in [6, 6.07) is 12.2. The van der Waals surface area contributed by atoms with Crippen LogP contribution in [0.1, 0.15) is 35.8 Å². The number of aliphatic hydroxyl groups is 1. The van der Waals surface area contributed by atoms with E-state index in [1.807, 2.05) is 0 Å². The van der Waals surface area contributed by atoms with Crippen LogP contribution < -0.4 is 16.5 Å². The van der Waals surface area contributed by atoms with Gasteiger partial charge in [0.2, 0.25) is 0 Å². The molecule has 0 heterocycles. The van der Waals surface area contributed by atoms with E-state index in [-0.39, 0.29) is 13.0 Å². The number of rotatable bonds is 4. The normalized spacial score (nSPS) is 11.3. The topological polar surface area (TPSA) is 125 Å². The van der Waals surface area contributed by atoms with Gasteiger partial charge in [0.1, 0.15) is 6.04 Å². The van der Waals surface area contributed by atoms with Crippen LogP contribution in [-0.4, -0.2) is 34.3 Å². The van der Waals surface area contributed by atoms with Gasteiger partial charge in [-0.05, 0) is 67.3 Å². The summed E-state index contributed by atoms with van der Waals surface area (Å²) >= 11 is 0. The van der Waals surface area contributed by atoms with Gasteiger partial charge in [-0.15, -0.1) is 0 Å². The van der Waals surface area contributed by atoms with Gasteiger partial charge in [-0.3, -0.25) is 14.8 Å². The molecule has 0 aliphatic heterocycles. The van der Waals surface area contributed by atoms with Crippen LogP contribution in [0.5, 0.6) is 0 Å². The molecule has 2 atom stereocenters. The van der Waals surface area contributed by atoms with E-state index >= 15 is 0 Å². The Kier molecular flexibility index (Phi) is 8.94. The Morgan fingerprint density at radius 2 is 1.45 bits per heavy atom. The minimum atomic E-state index is -1.28. The number of hydroxylamine groups is 1. The highest BCUT2D eigenvalue weighted by molar-refractivity contribution is 5.97.